The van der Waals surface area contributed by atoms with E-state index >= 15 is 0 Å². The molecule has 0 spiro atoms. The van der Waals surface area contributed by atoms with E-state index in [1.807, 2.05) is 0 Å². The molecule has 0 bridgehead atoms. The quantitative estimate of drug-likeness (QED) is 0.859. The first kappa shape index (κ1) is 16.8. The molecule has 0 heterocycles. The third-order valence-corrected chi connectivity index (χ3v) is 3.11. The molecule has 0 aromatic heterocycles. The molecule has 2 rings (SSSR count). The van der Waals surface area contributed by atoms with E-state index in [0.29, 0.717) is 5.56 Å². The monoisotopic (exact) mass is 324 g/mol. The predicted molar refractivity (Wildman–Crippen MR) is 78.3 cm³/mol. The van der Waals surface area contributed by atoms with Gasteiger partial charge >= 0.3 is 6.36 Å². The molecule has 0 aliphatic rings. The summed E-state index contributed by atoms with van der Waals surface area (Å²) in [7, 11) is 0. The number of amides is 1. The molecule has 7 heteroatoms. The second-order valence-corrected chi connectivity index (χ2v) is 4.78. The van der Waals surface area contributed by atoms with E-state index in [9.17, 15) is 18.0 Å². The SMILES string of the molecule is NC(=O)[C@H](NCc1ccccc1OC(F)(F)F)c1ccccc1. The highest BCUT2D eigenvalue weighted by atomic mass is 19.4. The van der Waals surface area contributed by atoms with Crippen LogP contribution in [0.15, 0.2) is 54.6 Å². The van der Waals surface area contributed by atoms with E-state index in [4.69, 9.17) is 5.73 Å². The topological polar surface area (TPSA) is 64.4 Å². The van der Waals surface area contributed by atoms with Crippen LogP contribution in [-0.4, -0.2) is 12.3 Å². The van der Waals surface area contributed by atoms with E-state index in [2.05, 4.69) is 10.1 Å². The normalized spacial score (nSPS) is 12.7. The third-order valence-electron chi connectivity index (χ3n) is 3.11. The van der Waals surface area contributed by atoms with Crippen molar-refractivity contribution in [2.45, 2.75) is 18.9 Å². The second kappa shape index (κ2) is 7.15. The fraction of sp³-hybridized carbons (Fsp3) is 0.188. The zero-order valence-electron chi connectivity index (χ0n) is 12.0. The van der Waals surface area contributed by atoms with Gasteiger partial charge in [-0.05, 0) is 11.6 Å². The maximum atomic E-state index is 12.4. The average Bonchev–Trinajstić information content (AvgIpc) is 2.48. The molecule has 0 aliphatic carbocycles. The van der Waals surface area contributed by atoms with Gasteiger partial charge in [0, 0.05) is 12.1 Å². The summed E-state index contributed by atoms with van der Waals surface area (Å²) >= 11 is 0. The minimum absolute atomic E-state index is 0.00520. The van der Waals surface area contributed by atoms with Crippen molar-refractivity contribution in [1.29, 1.82) is 0 Å². The molecule has 0 saturated carbocycles. The summed E-state index contributed by atoms with van der Waals surface area (Å²) in [6.07, 6.45) is -4.78. The Labute approximate surface area is 131 Å². The van der Waals surface area contributed by atoms with Crippen molar-refractivity contribution in [2.24, 2.45) is 5.73 Å². The van der Waals surface area contributed by atoms with Crippen LogP contribution in [0, 0.1) is 0 Å². The molecule has 0 radical (unpaired) electrons. The van der Waals surface area contributed by atoms with Crippen molar-refractivity contribution in [3.8, 4) is 5.75 Å². The number of para-hydroxylation sites is 1. The first-order valence-electron chi connectivity index (χ1n) is 6.78. The van der Waals surface area contributed by atoms with E-state index in [1.54, 1.807) is 36.4 Å². The van der Waals surface area contributed by atoms with Crippen LogP contribution >= 0.6 is 0 Å². The highest BCUT2D eigenvalue weighted by Crippen LogP contribution is 2.26. The van der Waals surface area contributed by atoms with Gasteiger partial charge in [-0.2, -0.15) is 0 Å². The third kappa shape index (κ3) is 5.00. The number of halogens is 3. The van der Waals surface area contributed by atoms with Crippen LogP contribution in [0.2, 0.25) is 0 Å². The van der Waals surface area contributed by atoms with Gasteiger partial charge in [0.05, 0.1) is 0 Å². The van der Waals surface area contributed by atoms with Gasteiger partial charge in [0.2, 0.25) is 5.91 Å². The molecule has 122 valence electrons. The maximum Gasteiger partial charge on any atom is 0.573 e. The Bertz CT molecular complexity index is 660. The number of nitrogens with two attached hydrogens (primary N) is 1. The average molecular weight is 324 g/mol. The molecule has 3 N–H and O–H groups in total. The molecule has 0 fully saturated rings. The van der Waals surface area contributed by atoms with Gasteiger partial charge in [-0.15, -0.1) is 13.2 Å². The number of benzene rings is 2. The molecule has 2 aromatic rings. The molecule has 0 unspecified atom stereocenters. The van der Waals surface area contributed by atoms with E-state index in [1.165, 1.54) is 18.2 Å². The second-order valence-electron chi connectivity index (χ2n) is 4.78. The summed E-state index contributed by atoms with van der Waals surface area (Å²) in [5.41, 5.74) is 6.26. The Morgan fingerprint density at radius 1 is 1.09 bits per heavy atom. The van der Waals surface area contributed by atoms with Crippen LogP contribution in [0.1, 0.15) is 17.2 Å². The zero-order chi connectivity index (χ0) is 16.9. The molecule has 4 nitrogen and oxygen atoms in total. The number of nitrogens with one attached hydrogen (secondary N) is 1. The fourth-order valence-electron chi connectivity index (χ4n) is 2.11. The van der Waals surface area contributed by atoms with Crippen molar-refractivity contribution >= 4 is 5.91 Å². The lowest BCUT2D eigenvalue weighted by Crippen LogP contribution is -2.33. The van der Waals surface area contributed by atoms with Crippen LogP contribution in [0.25, 0.3) is 0 Å². The Morgan fingerprint density at radius 3 is 2.30 bits per heavy atom. The number of alkyl halides is 3. The van der Waals surface area contributed by atoms with Crippen molar-refractivity contribution in [1.82, 2.24) is 5.32 Å². The van der Waals surface area contributed by atoms with Gasteiger partial charge in [0.25, 0.3) is 0 Å². The first-order valence-corrected chi connectivity index (χ1v) is 6.78. The molecule has 2 aromatic carbocycles. The van der Waals surface area contributed by atoms with Gasteiger partial charge in [0.15, 0.2) is 0 Å². The van der Waals surface area contributed by atoms with Gasteiger partial charge in [-0.1, -0.05) is 48.5 Å². The number of hydrogen-bond acceptors (Lipinski definition) is 3. The number of primary amides is 1. The smallest absolute Gasteiger partial charge is 0.405 e. The van der Waals surface area contributed by atoms with E-state index in [0.717, 1.165) is 0 Å². The van der Waals surface area contributed by atoms with Gasteiger partial charge in [-0.3, -0.25) is 10.1 Å². The van der Waals surface area contributed by atoms with Crippen LogP contribution in [0.4, 0.5) is 13.2 Å². The lowest BCUT2D eigenvalue weighted by molar-refractivity contribution is -0.274. The van der Waals surface area contributed by atoms with Crippen molar-refractivity contribution in [2.75, 3.05) is 0 Å². The summed E-state index contributed by atoms with van der Waals surface area (Å²) < 4.78 is 41.2. The minimum atomic E-state index is -4.78. The van der Waals surface area contributed by atoms with Crippen LogP contribution in [0.3, 0.4) is 0 Å². The number of rotatable bonds is 6. The molecular formula is C16H15F3N2O2. The zero-order valence-corrected chi connectivity index (χ0v) is 12.0. The van der Waals surface area contributed by atoms with Crippen molar-refractivity contribution in [3.05, 3.63) is 65.7 Å². The van der Waals surface area contributed by atoms with Gasteiger partial charge < -0.3 is 10.5 Å². The van der Waals surface area contributed by atoms with Crippen LogP contribution in [0.5, 0.6) is 5.75 Å². The Kier molecular flexibility index (Phi) is 5.23. The molecule has 0 saturated heterocycles. The standard InChI is InChI=1S/C16H15F3N2O2/c17-16(18,19)23-13-9-5-4-8-12(13)10-21-14(15(20)22)11-6-2-1-3-7-11/h1-9,14,21H,10H2,(H2,20,22)/t14-/m1/s1. The predicted octanol–water partition coefficient (Wildman–Crippen LogP) is 2.90. The number of carbonyl (C=O) groups excluding carboxylic acids is 1. The fourth-order valence-corrected chi connectivity index (χ4v) is 2.11. The maximum absolute atomic E-state index is 12.4. The minimum Gasteiger partial charge on any atom is -0.405 e. The molecule has 1 atom stereocenters. The molecule has 23 heavy (non-hydrogen) atoms. The summed E-state index contributed by atoms with van der Waals surface area (Å²) in [6.45, 7) is -0.00520. The molecule has 0 aliphatic heterocycles. The number of hydrogen-bond donors (Lipinski definition) is 2. The highest BCUT2D eigenvalue weighted by molar-refractivity contribution is 5.81. The van der Waals surface area contributed by atoms with E-state index in [-0.39, 0.29) is 17.9 Å². The van der Waals surface area contributed by atoms with E-state index < -0.39 is 18.3 Å². The summed E-state index contributed by atoms with van der Waals surface area (Å²) in [5, 5.41) is 2.86. The largest absolute Gasteiger partial charge is 0.573 e. The number of carbonyl (C=O) groups is 1. The highest BCUT2D eigenvalue weighted by Gasteiger charge is 2.32. The van der Waals surface area contributed by atoms with Gasteiger partial charge in [0.1, 0.15) is 11.8 Å². The molecular weight excluding hydrogens is 309 g/mol. The summed E-state index contributed by atoms with van der Waals surface area (Å²) in [5.74, 6) is -0.936. The lowest BCUT2D eigenvalue weighted by Gasteiger charge is -2.18. The Morgan fingerprint density at radius 2 is 1.70 bits per heavy atom. The summed E-state index contributed by atoms with van der Waals surface area (Å²) in [4.78, 5) is 11.6. The summed E-state index contributed by atoms with van der Waals surface area (Å²) in [6, 6.07) is 13.6. The van der Waals surface area contributed by atoms with Gasteiger partial charge in [-0.25, -0.2) is 0 Å². The first-order chi connectivity index (χ1) is 10.9. The van der Waals surface area contributed by atoms with Crippen molar-refractivity contribution in [3.63, 3.8) is 0 Å². The Hall–Kier alpha value is -2.54. The molecule has 1 amide bonds. The Balaban J connectivity index is 2.14. The lowest BCUT2D eigenvalue weighted by atomic mass is 10.1. The van der Waals surface area contributed by atoms with Crippen LogP contribution < -0.4 is 15.8 Å². The van der Waals surface area contributed by atoms with Crippen LogP contribution in [-0.2, 0) is 11.3 Å². The number of ether oxygens (including phenoxy) is 1. The van der Waals surface area contributed by atoms with Crippen molar-refractivity contribution < 1.29 is 22.7 Å².